The molecule has 1 aromatic carbocycles. The van der Waals surface area contributed by atoms with Crippen LogP contribution in [0.4, 0.5) is 5.69 Å². The van der Waals surface area contributed by atoms with Crippen molar-refractivity contribution in [1.82, 2.24) is 4.98 Å². The van der Waals surface area contributed by atoms with E-state index in [9.17, 15) is 4.79 Å². The van der Waals surface area contributed by atoms with Gasteiger partial charge in [0, 0.05) is 24.0 Å². The van der Waals surface area contributed by atoms with E-state index in [1.165, 1.54) is 39.0 Å². The number of H-pyrrole nitrogens is 1. The van der Waals surface area contributed by atoms with E-state index in [1.54, 1.807) is 0 Å². The highest BCUT2D eigenvalue weighted by molar-refractivity contribution is 6.01. The number of hydrogen-bond donors (Lipinski definition) is 2. The van der Waals surface area contributed by atoms with Crippen LogP contribution in [0.2, 0.25) is 0 Å². The van der Waals surface area contributed by atoms with Crippen molar-refractivity contribution in [2.24, 2.45) is 5.92 Å². The van der Waals surface area contributed by atoms with Crippen molar-refractivity contribution >= 4 is 22.5 Å². The molecule has 0 bridgehead atoms. The van der Waals surface area contributed by atoms with Gasteiger partial charge in [0.15, 0.2) is 0 Å². The molecule has 2 N–H and O–H groups in total. The van der Waals surface area contributed by atoms with Gasteiger partial charge in [0.2, 0.25) is 5.91 Å². The Bertz CT molecular complexity index is 642. The average molecular weight is 300 g/mol. The third-order valence-electron chi connectivity index (χ3n) is 4.48. The highest BCUT2D eigenvalue weighted by Crippen LogP contribution is 2.29. The van der Waals surface area contributed by atoms with Crippen molar-refractivity contribution in [3.63, 3.8) is 0 Å². The summed E-state index contributed by atoms with van der Waals surface area (Å²) < 4.78 is 5.92. The summed E-state index contributed by atoms with van der Waals surface area (Å²) >= 11 is 0. The number of nitrogens with one attached hydrogen (secondary N) is 2. The largest absolute Gasteiger partial charge is 0.494 e. The zero-order valence-electron chi connectivity index (χ0n) is 13.2. The zero-order chi connectivity index (χ0) is 15.4. The average Bonchev–Trinajstić information content (AvgIpc) is 2.90. The summed E-state index contributed by atoms with van der Waals surface area (Å²) in [4.78, 5) is 14.4. The Kier molecular flexibility index (Phi) is 4.66. The molecule has 1 fully saturated rings. The Balaban J connectivity index is 1.62. The van der Waals surface area contributed by atoms with Gasteiger partial charge in [-0.15, -0.1) is 0 Å². The lowest BCUT2D eigenvalue weighted by Gasteiger charge is -2.21. The van der Waals surface area contributed by atoms with Gasteiger partial charge in [-0.1, -0.05) is 32.1 Å². The lowest BCUT2D eigenvalue weighted by atomic mass is 9.87. The van der Waals surface area contributed by atoms with Gasteiger partial charge in [-0.2, -0.15) is 0 Å². The number of aromatic nitrogens is 1. The van der Waals surface area contributed by atoms with Crippen molar-refractivity contribution in [1.29, 1.82) is 0 Å². The molecule has 0 spiro atoms. The summed E-state index contributed by atoms with van der Waals surface area (Å²) in [5.74, 6) is 1.64. The number of carbonyl (C=O) groups is 1. The zero-order valence-corrected chi connectivity index (χ0v) is 13.2. The molecule has 2 aromatic rings. The summed E-state index contributed by atoms with van der Waals surface area (Å²) in [6, 6.07) is 5.98. The molecule has 1 aliphatic rings. The van der Waals surface area contributed by atoms with E-state index in [2.05, 4.69) is 10.3 Å². The van der Waals surface area contributed by atoms with Crippen LogP contribution in [0, 0.1) is 5.92 Å². The molecule has 1 saturated carbocycles. The van der Waals surface area contributed by atoms with Gasteiger partial charge in [-0.25, -0.2) is 0 Å². The van der Waals surface area contributed by atoms with E-state index in [0.29, 0.717) is 0 Å². The van der Waals surface area contributed by atoms with Crippen molar-refractivity contribution < 1.29 is 9.53 Å². The van der Waals surface area contributed by atoms with E-state index in [4.69, 9.17) is 4.74 Å². The molecule has 3 rings (SSSR count). The van der Waals surface area contributed by atoms with E-state index in [-0.39, 0.29) is 5.91 Å². The number of carbonyl (C=O) groups excluding carboxylic acids is 1. The number of benzene rings is 1. The number of amides is 1. The Morgan fingerprint density at radius 3 is 2.91 bits per heavy atom. The molecular formula is C18H24N2O2. The molecule has 1 aromatic heterocycles. The monoisotopic (exact) mass is 300 g/mol. The summed E-state index contributed by atoms with van der Waals surface area (Å²) in [5, 5.41) is 3.83. The molecule has 22 heavy (non-hydrogen) atoms. The van der Waals surface area contributed by atoms with E-state index >= 15 is 0 Å². The Morgan fingerprint density at radius 1 is 1.32 bits per heavy atom. The molecule has 0 atom stereocenters. The molecule has 4 nitrogen and oxygen atoms in total. The summed E-state index contributed by atoms with van der Waals surface area (Å²) in [5.41, 5.74) is 1.81. The molecule has 0 radical (unpaired) electrons. The van der Waals surface area contributed by atoms with Crippen LogP contribution < -0.4 is 10.1 Å². The molecule has 1 aliphatic carbocycles. The van der Waals surface area contributed by atoms with Gasteiger partial charge >= 0.3 is 0 Å². The summed E-state index contributed by atoms with van der Waals surface area (Å²) in [6.45, 7) is 2.29. The number of hydrogen-bond acceptors (Lipinski definition) is 2. The number of anilines is 1. The van der Waals surface area contributed by atoms with E-state index in [1.807, 2.05) is 24.4 Å². The lowest BCUT2D eigenvalue weighted by Crippen LogP contribution is -2.10. The van der Waals surface area contributed by atoms with Crippen LogP contribution in [0.3, 0.4) is 0 Å². The van der Waals surface area contributed by atoms with Crippen LogP contribution in [0.25, 0.3) is 10.9 Å². The van der Waals surface area contributed by atoms with Crippen LogP contribution >= 0.6 is 0 Å². The number of aromatic amines is 1. The molecular weight excluding hydrogens is 276 g/mol. The SMILES string of the molecule is CC(=O)Nc1c[nH]c2ccc(OCCC3CCCCC3)cc12. The first-order valence-corrected chi connectivity index (χ1v) is 8.24. The first-order chi connectivity index (χ1) is 10.7. The molecule has 118 valence electrons. The fraction of sp³-hybridized carbons (Fsp3) is 0.500. The third kappa shape index (κ3) is 3.62. The first kappa shape index (κ1) is 14.9. The van der Waals surface area contributed by atoms with Crippen LogP contribution in [-0.4, -0.2) is 17.5 Å². The lowest BCUT2D eigenvalue weighted by molar-refractivity contribution is -0.114. The predicted octanol–water partition coefficient (Wildman–Crippen LogP) is 4.48. The van der Waals surface area contributed by atoms with Crippen LogP contribution in [0.5, 0.6) is 5.75 Å². The maximum Gasteiger partial charge on any atom is 0.221 e. The summed E-state index contributed by atoms with van der Waals surface area (Å²) in [7, 11) is 0. The second-order valence-corrected chi connectivity index (χ2v) is 6.23. The summed E-state index contributed by atoms with van der Waals surface area (Å²) in [6.07, 6.45) is 9.81. The van der Waals surface area contributed by atoms with Gasteiger partial charge in [0.1, 0.15) is 5.75 Å². The fourth-order valence-electron chi connectivity index (χ4n) is 3.30. The van der Waals surface area contributed by atoms with Gasteiger partial charge < -0.3 is 15.0 Å². The van der Waals surface area contributed by atoms with Gasteiger partial charge in [0.05, 0.1) is 12.3 Å². The highest BCUT2D eigenvalue weighted by Gasteiger charge is 2.13. The van der Waals surface area contributed by atoms with E-state index in [0.717, 1.165) is 41.3 Å². The minimum absolute atomic E-state index is 0.0653. The maximum absolute atomic E-state index is 11.2. The van der Waals surface area contributed by atoms with Crippen LogP contribution in [0.1, 0.15) is 45.4 Å². The van der Waals surface area contributed by atoms with Crippen molar-refractivity contribution in [3.8, 4) is 5.75 Å². The molecule has 0 saturated heterocycles. The van der Waals surface area contributed by atoms with Gasteiger partial charge in [0.25, 0.3) is 0 Å². The van der Waals surface area contributed by atoms with Crippen molar-refractivity contribution in [2.45, 2.75) is 45.4 Å². The fourth-order valence-corrected chi connectivity index (χ4v) is 3.30. The molecule has 0 unspecified atom stereocenters. The minimum atomic E-state index is -0.0653. The van der Waals surface area contributed by atoms with Crippen molar-refractivity contribution in [3.05, 3.63) is 24.4 Å². The first-order valence-electron chi connectivity index (χ1n) is 8.24. The van der Waals surface area contributed by atoms with E-state index < -0.39 is 0 Å². The topological polar surface area (TPSA) is 54.1 Å². The Labute approximate surface area is 131 Å². The quantitative estimate of drug-likeness (QED) is 0.855. The number of rotatable bonds is 5. The second kappa shape index (κ2) is 6.86. The Morgan fingerprint density at radius 2 is 2.14 bits per heavy atom. The molecule has 1 amide bonds. The van der Waals surface area contributed by atoms with Gasteiger partial charge in [-0.3, -0.25) is 4.79 Å². The molecule has 0 aliphatic heterocycles. The minimum Gasteiger partial charge on any atom is -0.494 e. The second-order valence-electron chi connectivity index (χ2n) is 6.23. The molecule has 4 heteroatoms. The smallest absolute Gasteiger partial charge is 0.221 e. The number of fused-ring (bicyclic) bond motifs is 1. The van der Waals surface area contributed by atoms with Crippen LogP contribution in [-0.2, 0) is 4.79 Å². The van der Waals surface area contributed by atoms with Crippen molar-refractivity contribution in [2.75, 3.05) is 11.9 Å². The predicted molar refractivity (Wildman–Crippen MR) is 89.3 cm³/mol. The third-order valence-corrected chi connectivity index (χ3v) is 4.48. The maximum atomic E-state index is 11.2. The molecule has 1 heterocycles. The van der Waals surface area contributed by atoms with Crippen LogP contribution in [0.15, 0.2) is 24.4 Å². The number of ether oxygens (including phenoxy) is 1. The van der Waals surface area contributed by atoms with Gasteiger partial charge in [-0.05, 0) is 30.5 Å². The normalized spacial score (nSPS) is 15.9. The Hall–Kier alpha value is -1.97. The highest BCUT2D eigenvalue weighted by atomic mass is 16.5. The standard InChI is InChI=1S/C18H24N2O2/c1-13(21)20-18-12-19-17-8-7-15(11-16(17)18)22-10-9-14-5-3-2-4-6-14/h7-8,11-12,14,19H,2-6,9-10H2,1H3,(H,20,21).